The fourth-order valence-electron chi connectivity index (χ4n) is 6.82. The van der Waals surface area contributed by atoms with E-state index in [1.807, 2.05) is 97.2 Å². The van der Waals surface area contributed by atoms with Crippen molar-refractivity contribution in [1.82, 2.24) is 29.9 Å². The van der Waals surface area contributed by atoms with Gasteiger partial charge in [-0.05, 0) is 39.9 Å². The molecule has 0 N–H and O–H groups in total. The predicted octanol–water partition coefficient (Wildman–Crippen LogP) is 11.6. The molecular weight excluding hydrogens is 677 g/mol. The lowest BCUT2D eigenvalue weighted by Crippen LogP contribution is -2.00. The molecule has 4 heterocycles. The van der Waals surface area contributed by atoms with E-state index in [9.17, 15) is 0 Å². The summed E-state index contributed by atoms with van der Waals surface area (Å²) < 4.78 is 6.06. The maximum absolute atomic E-state index is 6.06. The fraction of sp³-hybridized carbons (Fsp3) is 0. The van der Waals surface area contributed by atoms with Crippen LogP contribution in [0.3, 0.4) is 0 Å². The first-order chi connectivity index (χ1) is 27.2. The molecule has 0 saturated carbocycles. The Hall–Kier alpha value is -7.64. The molecule has 0 aliphatic heterocycles. The van der Waals surface area contributed by atoms with Crippen LogP contribution in [0.4, 0.5) is 0 Å². The summed E-state index contributed by atoms with van der Waals surface area (Å²) >= 11 is 0. The van der Waals surface area contributed by atoms with Crippen molar-refractivity contribution in [2.24, 2.45) is 0 Å². The Kier molecular flexibility index (Phi) is 8.00. The number of rotatable bonds is 7. The Morgan fingerprint density at radius 2 is 0.764 bits per heavy atom. The third-order valence-corrected chi connectivity index (χ3v) is 9.69. The lowest BCUT2D eigenvalue weighted by molar-refractivity contribution is 0.651. The summed E-state index contributed by atoms with van der Waals surface area (Å²) in [4.78, 5) is 29.1. The molecule has 258 valence electrons. The highest BCUT2D eigenvalue weighted by Crippen LogP contribution is 2.33. The lowest BCUT2D eigenvalue weighted by Gasteiger charge is -2.10. The molecule has 0 atom stereocenters. The summed E-state index contributed by atoms with van der Waals surface area (Å²) in [6, 6.07) is 57.6. The van der Waals surface area contributed by atoms with Gasteiger partial charge in [-0.25, -0.2) is 29.9 Å². The molecule has 0 fully saturated rings. The number of aromatic nitrogens is 6. The molecule has 6 aromatic carbocycles. The van der Waals surface area contributed by atoms with E-state index < -0.39 is 0 Å². The molecule has 0 aliphatic rings. The van der Waals surface area contributed by atoms with Gasteiger partial charge in [0.1, 0.15) is 5.52 Å². The second-order valence-electron chi connectivity index (χ2n) is 13.2. The fourth-order valence-corrected chi connectivity index (χ4v) is 6.82. The average molecular weight is 707 g/mol. The summed E-state index contributed by atoms with van der Waals surface area (Å²) in [7, 11) is 0. The van der Waals surface area contributed by atoms with Crippen LogP contribution in [0.1, 0.15) is 0 Å². The predicted molar refractivity (Wildman–Crippen MR) is 219 cm³/mol. The van der Waals surface area contributed by atoms with Gasteiger partial charge in [-0.2, -0.15) is 0 Å². The maximum atomic E-state index is 6.06. The second kappa shape index (κ2) is 13.7. The number of hydrogen-bond donors (Lipinski definition) is 0. The van der Waals surface area contributed by atoms with Crippen LogP contribution in [0, 0.1) is 0 Å². The number of fused-ring (bicyclic) bond motifs is 3. The maximum Gasteiger partial charge on any atom is 0.229 e. The van der Waals surface area contributed by atoms with Crippen molar-refractivity contribution in [3.8, 4) is 78.9 Å². The van der Waals surface area contributed by atoms with Gasteiger partial charge in [-0.15, -0.1) is 0 Å². The van der Waals surface area contributed by atoms with E-state index in [1.54, 1.807) is 6.20 Å². The molecule has 10 aromatic rings. The third-order valence-electron chi connectivity index (χ3n) is 9.69. The van der Waals surface area contributed by atoms with Crippen LogP contribution in [-0.4, -0.2) is 29.9 Å². The normalized spacial score (nSPS) is 11.3. The molecule has 0 aliphatic carbocycles. The quantitative estimate of drug-likeness (QED) is 0.163. The topological polar surface area (TPSA) is 90.5 Å². The largest absolute Gasteiger partial charge is 0.434 e. The van der Waals surface area contributed by atoms with E-state index in [1.165, 1.54) is 0 Å². The second-order valence-corrected chi connectivity index (χ2v) is 13.2. The third kappa shape index (κ3) is 6.30. The highest BCUT2D eigenvalue weighted by Gasteiger charge is 2.16. The van der Waals surface area contributed by atoms with E-state index in [0.29, 0.717) is 34.6 Å². The number of nitrogens with zero attached hydrogens (tertiary/aromatic N) is 6. The molecule has 0 spiro atoms. The van der Waals surface area contributed by atoms with Crippen molar-refractivity contribution in [3.63, 3.8) is 0 Å². The van der Waals surface area contributed by atoms with Crippen LogP contribution in [0.2, 0.25) is 0 Å². The number of furan rings is 1. The minimum absolute atomic E-state index is 0.517. The van der Waals surface area contributed by atoms with Crippen LogP contribution >= 0.6 is 0 Å². The van der Waals surface area contributed by atoms with Gasteiger partial charge in [-0.3, -0.25) is 0 Å². The summed E-state index contributed by atoms with van der Waals surface area (Å²) in [5, 5.41) is 0.827. The van der Waals surface area contributed by atoms with Crippen LogP contribution in [0.25, 0.3) is 101 Å². The van der Waals surface area contributed by atoms with Gasteiger partial charge in [0.2, 0.25) is 5.71 Å². The Morgan fingerprint density at radius 3 is 1.40 bits per heavy atom. The highest BCUT2D eigenvalue weighted by atomic mass is 16.3. The number of hydrogen-bond acceptors (Lipinski definition) is 7. The van der Waals surface area contributed by atoms with Gasteiger partial charge in [-0.1, -0.05) is 158 Å². The van der Waals surface area contributed by atoms with E-state index in [4.69, 9.17) is 24.4 Å². The Labute approximate surface area is 316 Å². The molecule has 55 heavy (non-hydrogen) atoms. The first-order valence-corrected chi connectivity index (χ1v) is 18.0. The summed E-state index contributed by atoms with van der Waals surface area (Å²) in [6.07, 6.45) is 3.55. The molecule has 0 unspecified atom stereocenters. The summed E-state index contributed by atoms with van der Waals surface area (Å²) in [5.74, 6) is 2.45. The molecule has 7 nitrogen and oxygen atoms in total. The van der Waals surface area contributed by atoms with Crippen molar-refractivity contribution in [2.45, 2.75) is 0 Å². The zero-order chi connectivity index (χ0) is 36.6. The Bertz CT molecular complexity index is 2950. The van der Waals surface area contributed by atoms with Crippen molar-refractivity contribution in [3.05, 3.63) is 182 Å². The van der Waals surface area contributed by atoms with Crippen LogP contribution < -0.4 is 0 Å². The minimum atomic E-state index is 0.517. The summed E-state index contributed by atoms with van der Waals surface area (Å²) in [6.45, 7) is 0. The Morgan fingerprint density at radius 1 is 0.309 bits per heavy atom. The summed E-state index contributed by atoms with van der Waals surface area (Å²) in [5.41, 5.74) is 11.9. The van der Waals surface area contributed by atoms with E-state index in [2.05, 4.69) is 88.8 Å². The SMILES string of the molecule is c1ccc(-c2ccc(-c3ncc4oc5ncc(-c6ccc(-c7nc(-c8ccccc8)nc(-c8cccc(-c9ccccc9)c8)n7)cc6)cc5c4n3)cc2)cc1. The molecule has 4 aromatic heterocycles. The first kappa shape index (κ1) is 32.0. The molecule has 10 rings (SSSR count). The first-order valence-electron chi connectivity index (χ1n) is 18.0. The van der Waals surface area contributed by atoms with Gasteiger partial charge >= 0.3 is 0 Å². The molecule has 0 amide bonds. The Balaban J connectivity index is 0.987. The van der Waals surface area contributed by atoms with Gasteiger partial charge in [0, 0.05) is 34.0 Å². The molecule has 7 heteroatoms. The van der Waals surface area contributed by atoms with Crippen LogP contribution in [0.15, 0.2) is 187 Å². The van der Waals surface area contributed by atoms with Crippen LogP contribution in [0.5, 0.6) is 0 Å². The van der Waals surface area contributed by atoms with Gasteiger partial charge < -0.3 is 4.42 Å². The minimum Gasteiger partial charge on any atom is -0.434 e. The molecular formula is C48H30N6O. The van der Waals surface area contributed by atoms with Gasteiger partial charge in [0.15, 0.2) is 28.9 Å². The zero-order valence-corrected chi connectivity index (χ0v) is 29.4. The molecule has 0 saturated heterocycles. The van der Waals surface area contributed by atoms with E-state index in [0.717, 1.165) is 66.5 Å². The standard InChI is InChI=1S/C48H30N6O/c1-4-11-31(12-5-1)33-19-23-36(24-20-33)44-49-30-42-43(51-44)41-28-40(29-50-48(41)55-42)34-21-25-37(26-22-34)46-52-45(35-15-8-3-9-16-35)53-47(54-46)39-18-10-17-38(27-39)32-13-6-2-7-14-32/h1-30H. The van der Waals surface area contributed by atoms with Crippen molar-refractivity contribution in [1.29, 1.82) is 0 Å². The monoisotopic (exact) mass is 706 g/mol. The van der Waals surface area contributed by atoms with Crippen molar-refractivity contribution >= 4 is 22.2 Å². The lowest BCUT2D eigenvalue weighted by atomic mass is 10.0. The van der Waals surface area contributed by atoms with Gasteiger partial charge in [0.25, 0.3) is 0 Å². The van der Waals surface area contributed by atoms with E-state index >= 15 is 0 Å². The van der Waals surface area contributed by atoms with E-state index in [-0.39, 0.29) is 0 Å². The molecule has 0 bridgehead atoms. The van der Waals surface area contributed by atoms with Gasteiger partial charge in [0.05, 0.1) is 11.6 Å². The van der Waals surface area contributed by atoms with Crippen molar-refractivity contribution in [2.75, 3.05) is 0 Å². The number of pyridine rings is 1. The van der Waals surface area contributed by atoms with Crippen molar-refractivity contribution < 1.29 is 4.42 Å². The number of benzene rings is 6. The average Bonchev–Trinajstić information content (AvgIpc) is 3.65. The smallest absolute Gasteiger partial charge is 0.229 e. The zero-order valence-electron chi connectivity index (χ0n) is 29.4. The molecule has 0 radical (unpaired) electrons. The highest BCUT2D eigenvalue weighted by molar-refractivity contribution is 6.02. The van der Waals surface area contributed by atoms with Crippen LogP contribution in [-0.2, 0) is 0 Å².